The molecule has 0 aliphatic heterocycles. The number of anilines is 2. The standard InChI is InChI=1S/C23H28N4O6S/c1-15-6-9-20(16(2)19(15)14-33-34(5,31)32)27(4)23(30)13-25-22(29)11-8-18-7-10-21(24-12-18)26-17(3)28/h6-12H,13-14H2,1-5H3,(H,25,29)(H,24,26,28). The molecule has 0 saturated heterocycles. The van der Waals surface area contributed by atoms with Crippen LogP contribution < -0.4 is 15.5 Å². The molecule has 1 heterocycles. The highest BCUT2D eigenvalue weighted by Crippen LogP contribution is 2.26. The van der Waals surface area contributed by atoms with Crippen molar-refractivity contribution in [1.29, 1.82) is 0 Å². The lowest BCUT2D eigenvalue weighted by atomic mass is 10.0. The Hall–Kier alpha value is -3.57. The minimum absolute atomic E-state index is 0.130. The fourth-order valence-corrected chi connectivity index (χ4v) is 3.37. The van der Waals surface area contributed by atoms with Crippen LogP contribution in [0.25, 0.3) is 6.08 Å². The first kappa shape index (κ1) is 26.7. The van der Waals surface area contributed by atoms with E-state index < -0.39 is 16.0 Å². The molecule has 1 aromatic carbocycles. The van der Waals surface area contributed by atoms with E-state index in [1.54, 1.807) is 38.2 Å². The lowest BCUT2D eigenvalue weighted by Gasteiger charge is -2.22. The number of hydrogen-bond donors (Lipinski definition) is 2. The van der Waals surface area contributed by atoms with E-state index in [1.807, 2.05) is 6.92 Å². The summed E-state index contributed by atoms with van der Waals surface area (Å²) in [5.74, 6) is -0.648. The number of nitrogens with zero attached hydrogens (tertiary/aromatic N) is 2. The zero-order valence-corrected chi connectivity index (χ0v) is 20.5. The van der Waals surface area contributed by atoms with Crippen molar-refractivity contribution < 1.29 is 27.0 Å². The Morgan fingerprint density at radius 2 is 1.85 bits per heavy atom. The van der Waals surface area contributed by atoms with Crippen LogP contribution in [-0.2, 0) is 35.3 Å². The van der Waals surface area contributed by atoms with E-state index in [1.165, 1.54) is 30.2 Å². The summed E-state index contributed by atoms with van der Waals surface area (Å²) >= 11 is 0. The monoisotopic (exact) mass is 488 g/mol. The molecule has 0 bridgehead atoms. The van der Waals surface area contributed by atoms with Crippen LogP contribution in [0.5, 0.6) is 0 Å². The molecule has 0 aliphatic rings. The third-order valence-electron chi connectivity index (χ3n) is 4.89. The third kappa shape index (κ3) is 8.09. The van der Waals surface area contributed by atoms with Crippen LogP contribution in [0.4, 0.5) is 11.5 Å². The second-order valence-corrected chi connectivity index (χ2v) is 9.28. The number of amides is 3. The van der Waals surface area contributed by atoms with Crippen molar-refractivity contribution in [3.05, 3.63) is 58.8 Å². The summed E-state index contributed by atoms with van der Waals surface area (Å²) in [6.07, 6.45) is 5.29. The van der Waals surface area contributed by atoms with Gasteiger partial charge in [0, 0.05) is 31.9 Å². The summed E-state index contributed by atoms with van der Waals surface area (Å²) in [4.78, 5) is 41.2. The number of pyridine rings is 1. The first-order chi connectivity index (χ1) is 15.9. The van der Waals surface area contributed by atoms with E-state index >= 15 is 0 Å². The molecular weight excluding hydrogens is 460 g/mol. The van der Waals surface area contributed by atoms with E-state index in [0.29, 0.717) is 28.2 Å². The van der Waals surface area contributed by atoms with Crippen LogP contribution in [0.3, 0.4) is 0 Å². The highest BCUT2D eigenvalue weighted by molar-refractivity contribution is 7.85. The summed E-state index contributed by atoms with van der Waals surface area (Å²) in [5, 5.41) is 5.08. The zero-order chi connectivity index (χ0) is 25.5. The first-order valence-corrected chi connectivity index (χ1v) is 12.1. The number of aryl methyl sites for hydroxylation is 1. The van der Waals surface area contributed by atoms with Gasteiger partial charge in [-0.15, -0.1) is 0 Å². The highest BCUT2D eigenvalue weighted by atomic mass is 32.2. The van der Waals surface area contributed by atoms with Gasteiger partial charge in [0.25, 0.3) is 10.1 Å². The second-order valence-electron chi connectivity index (χ2n) is 7.63. The van der Waals surface area contributed by atoms with E-state index in [9.17, 15) is 22.8 Å². The fraction of sp³-hybridized carbons (Fsp3) is 0.304. The van der Waals surface area contributed by atoms with E-state index in [2.05, 4.69) is 15.6 Å². The molecule has 0 unspecified atom stereocenters. The molecule has 34 heavy (non-hydrogen) atoms. The molecule has 10 nitrogen and oxygen atoms in total. The number of carbonyl (C=O) groups excluding carboxylic acids is 3. The Labute approximate surface area is 199 Å². The SMILES string of the molecule is CC(=O)Nc1ccc(C=CC(=O)NCC(=O)N(C)c2ccc(C)c(COS(C)(=O)=O)c2C)cn1. The predicted octanol–water partition coefficient (Wildman–Crippen LogP) is 1.93. The van der Waals surface area contributed by atoms with Crippen molar-refractivity contribution in [2.24, 2.45) is 0 Å². The molecule has 2 rings (SSSR count). The lowest BCUT2D eigenvalue weighted by Crippen LogP contribution is -2.38. The number of aromatic nitrogens is 1. The molecule has 0 spiro atoms. The second kappa shape index (κ2) is 11.5. The molecule has 0 saturated carbocycles. The van der Waals surface area contributed by atoms with E-state index in [4.69, 9.17) is 4.18 Å². The Morgan fingerprint density at radius 3 is 2.44 bits per heavy atom. The molecule has 0 radical (unpaired) electrons. The fourth-order valence-electron chi connectivity index (χ4n) is 3.04. The van der Waals surface area contributed by atoms with Crippen LogP contribution in [0, 0.1) is 13.8 Å². The molecule has 182 valence electrons. The Balaban J connectivity index is 1.98. The molecule has 11 heteroatoms. The number of rotatable bonds is 9. The summed E-state index contributed by atoms with van der Waals surface area (Å²) in [7, 11) is -2.04. The van der Waals surface area contributed by atoms with Gasteiger partial charge < -0.3 is 15.5 Å². The summed E-state index contributed by atoms with van der Waals surface area (Å²) < 4.78 is 27.6. The zero-order valence-electron chi connectivity index (χ0n) is 19.7. The molecule has 3 amide bonds. The minimum Gasteiger partial charge on any atom is -0.343 e. The van der Waals surface area contributed by atoms with Crippen LogP contribution in [0.2, 0.25) is 0 Å². The van der Waals surface area contributed by atoms with Crippen LogP contribution in [-0.4, -0.2) is 51.0 Å². The van der Waals surface area contributed by atoms with Gasteiger partial charge in [0.15, 0.2) is 0 Å². The molecule has 2 N–H and O–H groups in total. The van der Waals surface area contributed by atoms with Gasteiger partial charge in [-0.05, 0) is 60.4 Å². The van der Waals surface area contributed by atoms with Crippen molar-refractivity contribution in [3.8, 4) is 0 Å². The molecule has 0 fully saturated rings. The lowest BCUT2D eigenvalue weighted by molar-refractivity contribution is -0.122. The van der Waals surface area contributed by atoms with Crippen LogP contribution in [0.1, 0.15) is 29.2 Å². The maximum Gasteiger partial charge on any atom is 0.264 e. The normalized spacial score (nSPS) is 11.3. The number of hydrogen-bond acceptors (Lipinski definition) is 7. The number of carbonyl (C=O) groups is 3. The van der Waals surface area contributed by atoms with Gasteiger partial charge in [0.05, 0.1) is 19.4 Å². The van der Waals surface area contributed by atoms with Crippen LogP contribution in [0.15, 0.2) is 36.5 Å². The number of benzene rings is 1. The Morgan fingerprint density at radius 1 is 1.15 bits per heavy atom. The van der Waals surface area contributed by atoms with Crippen molar-refractivity contribution in [2.75, 3.05) is 30.1 Å². The van der Waals surface area contributed by atoms with E-state index in [-0.39, 0.29) is 25.0 Å². The number of likely N-dealkylation sites (N-methyl/N-ethyl adjacent to an activating group) is 1. The molecule has 0 atom stereocenters. The summed E-state index contributed by atoms with van der Waals surface area (Å²) in [6.45, 7) is 4.62. The van der Waals surface area contributed by atoms with E-state index in [0.717, 1.165) is 11.8 Å². The molecule has 2 aromatic rings. The van der Waals surface area contributed by atoms with Gasteiger partial charge in [-0.1, -0.05) is 6.07 Å². The molecular formula is C23H28N4O6S. The Bertz CT molecular complexity index is 1210. The van der Waals surface area contributed by atoms with Crippen molar-refractivity contribution in [2.45, 2.75) is 27.4 Å². The highest BCUT2D eigenvalue weighted by Gasteiger charge is 2.17. The van der Waals surface area contributed by atoms with Crippen molar-refractivity contribution in [1.82, 2.24) is 10.3 Å². The average molecular weight is 489 g/mol. The summed E-state index contributed by atoms with van der Waals surface area (Å²) in [6, 6.07) is 6.83. The third-order valence-corrected chi connectivity index (χ3v) is 5.43. The summed E-state index contributed by atoms with van der Waals surface area (Å²) in [5.41, 5.74) is 3.45. The maximum absolute atomic E-state index is 12.6. The minimum atomic E-state index is -3.61. The smallest absolute Gasteiger partial charge is 0.264 e. The topological polar surface area (TPSA) is 135 Å². The van der Waals surface area contributed by atoms with Gasteiger partial charge >= 0.3 is 0 Å². The largest absolute Gasteiger partial charge is 0.343 e. The maximum atomic E-state index is 12.6. The van der Waals surface area contributed by atoms with Gasteiger partial charge in [-0.2, -0.15) is 8.42 Å². The van der Waals surface area contributed by atoms with Gasteiger partial charge in [0.2, 0.25) is 17.7 Å². The molecule has 0 aliphatic carbocycles. The first-order valence-electron chi connectivity index (χ1n) is 10.3. The molecule has 1 aromatic heterocycles. The van der Waals surface area contributed by atoms with Gasteiger partial charge in [-0.25, -0.2) is 4.98 Å². The Kier molecular flexibility index (Phi) is 9.04. The number of nitrogens with one attached hydrogen (secondary N) is 2. The van der Waals surface area contributed by atoms with Crippen molar-refractivity contribution in [3.63, 3.8) is 0 Å². The van der Waals surface area contributed by atoms with Gasteiger partial charge in [-0.3, -0.25) is 18.6 Å². The van der Waals surface area contributed by atoms with Crippen molar-refractivity contribution >= 4 is 45.4 Å². The van der Waals surface area contributed by atoms with Gasteiger partial charge in [0.1, 0.15) is 5.82 Å². The predicted molar refractivity (Wildman–Crippen MR) is 130 cm³/mol. The average Bonchev–Trinajstić information content (AvgIpc) is 2.75. The van der Waals surface area contributed by atoms with Crippen LogP contribution >= 0.6 is 0 Å². The quantitative estimate of drug-likeness (QED) is 0.407.